The second kappa shape index (κ2) is 3.28. The molecule has 2 nitrogen and oxygen atoms in total. The fraction of sp³-hybridized carbons (Fsp3) is 0.571. The molecule has 49 valence electrons. The number of amides is 1. The van der Waals surface area contributed by atoms with E-state index in [1.165, 1.54) is 0 Å². The van der Waals surface area contributed by atoms with Crippen LogP contribution in [-0.2, 0) is 4.79 Å². The average Bonchev–Trinajstić information content (AvgIpc) is 1.91. The Morgan fingerprint density at radius 2 is 2.44 bits per heavy atom. The van der Waals surface area contributed by atoms with Gasteiger partial charge in [-0.1, -0.05) is 12.2 Å². The van der Waals surface area contributed by atoms with Crippen LogP contribution in [0, 0.1) is 0 Å². The molecule has 0 aliphatic heterocycles. The van der Waals surface area contributed by atoms with Gasteiger partial charge in [-0.3, -0.25) is 4.79 Å². The van der Waals surface area contributed by atoms with Gasteiger partial charge in [0, 0.05) is 6.04 Å². The molecule has 2 heteroatoms. The van der Waals surface area contributed by atoms with Gasteiger partial charge in [-0.25, -0.2) is 0 Å². The molecule has 0 saturated carbocycles. The first-order chi connectivity index (χ1) is 4.43. The van der Waals surface area contributed by atoms with Crippen LogP contribution in [0.5, 0.6) is 0 Å². The van der Waals surface area contributed by atoms with Crippen LogP contribution in [0.4, 0.5) is 0 Å². The largest absolute Gasteiger partial charge is 0.345 e. The molecule has 0 heterocycles. The molecule has 0 fully saturated rings. The summed E-state index contributed by atoms with van der Waals surface area (Å²) in [4.78, 5) is 9.81. The highest BCUT2D eigenvalue weighted by molar-refractivity contribution is 5.47. The Labute approximate surface area is 54.9 Å². The molecule has 1 atom stereocenters. The molecule has 1 amide bonds. The second-order valence-electron chi connectivity index (χ2n) is 2.23. The van der Waals surface area contributed by atoms with Crippen LogP contribution in [0.2, 0.25) is 0 Å². The molecule has 1 radical (unpaired) electrons. The van der Waals surface area contributed by atoms with E-state index in [9.17, 15) is 4.79 Å². The summed E-state index contributed by atoms with van der Waals surface area (Å²) in [6.45, 7) is 0. The van der Waals surface area contributed by atoms with Gasteiger partial charge in [-0.2, -0.15) is 0 Å². The van der Waals surface area contributed by atoms with E-state index in [2.05, 4.69) is 17.5 Å². The molecule has 1 rings (SSSR count). The van der Waals surface area contributed by atoms with Gasteiger partial charge in [-0.15, -0.1) is 0 Å². The number of allylic oxidation sites excluding steroid dienone is 1. The zero-order valence-electron chi connectivity index (χ0n) is 5.26. The summed E-state index contributed by atoms with van der Waals surface area (Å²) >= 11 is 0. The van der Waals surface area contributed by atoms with Gasteiger partial charge in [0.1, 0.15) is 0 Å². The van der Waals surface area contributed by atoms with Crippen LogP contribution < -0.4 is 5.32 Å². The lowest BCUT2D eigenvalue weighted by Crippen LogP contribution is -2.27. The maximum Gasteiger partial charge on any atom is 0.309 e. The molecule has 0 saturated heterocycles. The maximum atomic E-state index is 9.81. The Kier molecular flexibility index (Phi) is 2.31. The van der Waals surface area contributed by atoms with Gasteiger partial charge in [-0.05, 0) is 19.3 Å². The molecule has 1 unspecified atom stereocenters. The summed E-state index contributed by atoms with van der Waals surface area (Å²) in [5.74, 6) is 0. The molecule has 9 heavy (non-hydrogen) atoms. The van der Waals surface area contributed by atoms with E-state index < -0.39 is 0 Å². The van der Waals surface area contributed by atoms with Crippen molar-refractivity contribution in [1.29, 1.82) is 0 Å². The van der Waals surface area contributed by atoms with Gasteiger partial charge in [0.05, 0.1) is 0 Å². The molecule has 1 N–H and O–H groups in total. The fourth-order valence-electron chi connectivity index (χ4n) is 1.01. The van der Waals surface area contributed by atoms with Gasteiger partial charge in [0.25, 0.3) is 0 Å². The number of rotatable bonds is 2. The maximum absolute atomic E-state index is 9.81. The lowest BCUT2D eigenvalue weighted by Gasteiger charge is -2.14. The Morgan fingerprint density at radius 1 is 1.56 bits per heavy atom. The predicted octanol–water partition coefficient (Wildman–Crippen LogP) is 0.752. The van der Waals surface area contributed by atoms with E-state index in [4.69, 9.17) is 0 Å². The van der Waals surface area contributed by atoms with Crippen molar-refractivity contribution in [2.45, 2.75) is 25.3 Å². The van der Waals surface area contributed by atoms with Crippen molar-refractivity contribution in [2.24, 2.45) is 0 Å². The van der Waals surface area contributed by atoms with E-state index in [0.29, 0.717) is 6.04 Å². The Balaban J connectivity index is 2.26. The van der Waals surface area contributed by atoms with E-state index in [-0.39, 0.29) is 0 Å². The lowest BCUT2D eigenvalue weighted by molar-refractivity contribution is 0.497. The molecule has 0 aromatic heterocycles. The minimum atomic E-state index is 0.340. The normalized spacial score (nSPS) is 25.6. The molecular formula is C7H10NO. The van der Waals surface area contributed by atoms with Crippen LogP contribution in [0.15, 0.2) is 12.2 Å². The van der Waals surface area contributed by atoms with E-state index in [1.807, 2.05) is 0 Å². The number of hydrogen-bond donors (Lipinski definition) is 1. The number of nitrogens with one attached hydrogen (secondary N) is 1. The quantitative estimate of drug-likeness (QED) is 0.427. The van der Waals surface area contributed by atoms with Crippen LogP contribution in [0.25, 0.3) is 0 Å². The highest BCUT2D eigenvalue weighted by Gasteiger charge is 2.06. The molecular weight excluding hydrogens is 114 g/mol. The Morgan fingerprint density at radius 3 is 3.00 bits per heavy atom. The van der Waals surface area contributed by atoms with E-state index in [0.717, 1.165) is 19.3 Å². The third-order valence-corrected chi connectivity index (χ3v) is 1.53. The topological polar surface area (TPSA) is 29.1 Å². The summed E-state index contributed by atoms with van der Waals surface area (Å²) in [6.07, 6.45) is 9.05. The van der Waals surface area contributed by atoms with Crippen LogP contribution in [0.1, 0.15) is 19.3 Å². The smallest absolute Gasteiger partial charge is 0.309 e. The third-order valence-electron chi connectivity index (χ3n) is 1.53. The Bertz CT molecular complexity index is 120. The minimum absolute atomic E-state index is 0.340. The van der Waals surface area contributed by atoms with Gasteiger partial charge < -0.3 is 5.32 Å². The highest BCUT2D eigenvalue weighted by atomic mass is 16.1. The van der Waals surface area contributed by atoms with Crippen LogP contribution in [0.3, 0.4) is 0 Å². The fourth-order valence-corrected chi connectivity index (χ4v) is 1.01. The van der Waals surface area contributed by atoms with Crippen molar-refractivity contribution in [2.75, 3.05) is 0 Å². The summed E-state index contributed by atoms with van der Waals surface area (Å²) in [6, 6.07) is 0.340. The standard InChI is InChI=1S/C7H10NO/c9-6-8-7-4-2-1-3-5-7/h1-2,7H,3-5H2,(H,8,9). The van der Waals surface area contributed by atoms with Gasteiger partial charge in [0.2, 0.25) is 0 Å². The Hall–Kier alpha value is -0.790. The first-order valence-electron chi connectivity index (χ1n) is 3.21. The molecule has 1 aliphatic rings. The van der Waals surface area contributed by atoms with Crippen LogP contribution in [-0.4, -0.2) is 12.5 Å². The monoisotopic (exact) mass is 124 g/mol. The van der Waals surface area contributed by atoms with Crippen LogP contribution >= 0.6 is 0 Å². The molecule has 0 aromatic rings. The first kappa shape index (κ1) is 6.33. The van der Waals surface area contributed by atoms with Gasteiger partial charge in [0.15, 0.2) is 0 Å². The summed E-state index contributed by atoms with van der Waals surface area (Å²) in [7, 11) is 0. The van der Waals surface area contributed by atoms with E-state index >= 15 is 0 Å². The SMILES string of the molecule is O=[C]NC1CC=CCC1. The number of hydrogen-bond acceptors (Lipinski definition) is 1. The molecule has 1 aliphatic carbocycles. The van der Waals surface area contributed by atoms with Crippen molar-refractivity contribution in [3.05, 3.63) is 12.2 Å². The van der Waals surface area contributed by atoms with Crippen molar-refractivity contribution in [1.82, 2.24) is 5.32 Å². The number of carbonyl (C=O) groups excluding carboxylic acids is 1. The average molecular weight is 124 g/mol. The van der Waals surface area contributed by atoms with Crippen molar-refractivity contribution < 1.29 is 4.79 Å². The highest BCUT2D eigenvalue weighted by Crippen LogP contribution is 2.09. The van der Waals surface area contributed by atoms with Gasteiger partial charge >= 0.3 is 6.41 Å². The summed E-state index contributed by atoms with van der Waals surface area (Å²) < 4.78 is 0. The third kappa shape index (κ3) is 1.88. The predicted molar refractivity (Wildman–Crippen MR) is 35.6 cm³/mol. The zero-order chi connectivity index (χ0) is 6.53. The first-order valence-corrected chi connectivity index (χ1v) is 3.21. The summed E-state index contributed by atoms with van der Waals surface area (Å²) in [5.41, 5.74) is 0. The van der Waals surface area contributed by atoms with E-state index in [1.54, 1.807) is 6.41 Å². The van der Waals surface area contributed by atoms with Crippen molar-refractivity contribution >= 4 is 6.41 Å². The van der Waals surface area contributed by atoms with Crippen molar-refractivity contribution in [3.63, 3.8) is 0 Å². The molecule has 0 spiro atoms. The van der Waals surface area contributed by atoms with Crippen molar-refractivity contribution in [3.8, 4) is 0 Å². The summed E-state index contributed by atoms with van der Waals surface area (Å²) in [5, 5.41) is 2.63. The zero-order valence-corrected chi connectivity index (χ0v) is 5.26. The lowest BCUT2D eigenvalue weighted by atomic mass is 10.0. The molecule has 0 aromatic carbocycles. The minimum Gasteiger partial charge on any atom is -0.345 e. The molecule has 0 bridgehead atoms. The second-order valence-corrected chi connectivity index (χ2v) is 2.23.